The van der Waals surface area contributed by atoms with E-state index in [0.717, 1.165) is 24.0 Å². The second-order valence-electron chi connectivity index (χ2n) is 9.29. The smallest absolute Gasteiger partial charge is 0.342 e. The van der Waals surface area contributed by atoms with Crippen LogP contribution in [0, 0.1) is 5.82 Å². The van der Waals surface area contributed by atoms with E-state index in [0.29, 0.717) is 28.2 Å². The third kappa shape index (κ3) is 5.08. The van der Waals surface area contributed by atoms with Crippen molar-refractivity contribution in [2.45, 2.75) is 32.2 Å². The minimum Gasteiger partial charge on any atom is -0.497 e. The van der Waals surface area contributed by atoms with Crippen molar-refractivity contribution in [3.05, 3.63) is 83.3 Å². The van der Waals surface area contributed by atoms with Gasteiger partial charge >= 0.3 is 5.97 Å². The van der Waals surface area contributed by atoms with Crippen LogP contribution in [0.4, 0.5) is 10.1 Å². The largest absolute Gasteiger partial charge is 0.497 e. The number of methoxy groups -OCH3 is 1. The van der Waals surface area contributed by atoms with Gasteiger partial charge in [-0.25, -0.2) is 22.1 Å². The fraction of sp³-hybridized carbons (Fsp3) is 0.286. The van der Waals surface area contributed by atoms with Crippen molar-refractivity contribution in [3.8, 4) is 17.0 Å². The number of hydrogen-bond acceptors (Lipinski definition) is 6. The van der Waals surface area contributed by atoms with Crippen LogP contribution >= 0.6 is 0 Å². The van der Waals surface area contributed by atoms with Crippen LogP contribution in [0.15, 0.2) is 60.8 Å². The van der Waals surface area contributed by atoms with Crippen molar-refractivity contribution >= 4 is 27.2 Å². The summed E-state index contributed by atoms with van der Waals surface area (Å²) in [5, 5.41) is 4.65. The van der Waals surface area contributed by atoms with Crippen LogP contribution < -0.4 is 9.04 Å². The number of rotatable bonds is 9. The van der Waals surface area contributed by atoms with Crippen LogP contribution in [-0.4, -0.2) is 44.0 Å². The Kier molecular flexibility index (Phi) is 6.83. The Balaban J connectivity index is 1.70. The van der Waals surface area contributed by atoms with Gasteiger partial charge in [0, 0.05) is 5.56 Å². The Labute approximate surface area is 220 Å². The number of ether oxygens (including phenoxy) is 2. The van der Waals surface area contributed by atoms with Gasteiger partial charge in [-0.2, -0.15) is 5.10 Å². The number of halogens is 1. The molecule has 2 heterocycles. The van der Waals surface area contributed by atoms with Crippen molar-refractivity contribution in [2.75, 3.05) is 24.3 Å². The highest BCUT2D eigenvalue weighted by atomic mass is 32.2. The SMILES string of the molecule is CCOC(=O)c1c(-c2ccc(F)cc2)nn2cc(N(Cc3ccc(OC)cc3)S(C)(=O)=O)c(C3CC3)cc12. The van der Waals surface area contributed by atoms with Crippen LogP contribution in [0.2, 0.25) is 0 Å². The quantitative estimate of drug-likeness (QED) is 0.274. The molecule has 0 aliphatic heterocycles. The molecule has 0 radical (unpaired) electrons. The zero-order chi connectivity index (χ0) is 27.0. The molecule has 0 saturated heterocycles. The van der Waals surface area contributed by atoms with Gasteiger partial charge in [0.1, 0.15) is 22.8 Å². The van der Waals surface area contributed by atoms with Crippen molar-refractivity contribution in [1.29, 1.82) is 0 Å². The molecule has 2 aromatic carbocycles. The Morgan fingerprint density at radius 3 is 2.39 bits per heavy atom. The van der Waals surface area contributed by atoms with E-state index in [1.165, 1.54) is 27.2 Å². The molecule has 0 atom stereocenters. The second kappa shape index (κ2) is 10.1. The number of carbonyl (C=O) groups is 1. The summed E-state index contributed by atoms with van der Waals surface area (Å²) in [4.78, 5) is 13.1. The normalized spacial score (nSPS) is 13.5. The van der Waals surface area contributed by atoms with Crippen LogP contribution in [0.3, 0.4) is 0 Å². The summed E-state index contributed by atoms with van der Waals surface area (Å²) in [6.45, 7) is 2.01. The second-order valence-corrected chi connectivity index (χ2v) is 11.2. The summed E-state index contributed by atoms with van der Waals surface area (Å²) >= 11 is 0. The number of benzene rings is 2. The summed E-state index contributed by atoms with van der Waals surface area (Å²) < 4.78 is 53.2. The average Bonchev–Trinajstić information content (AvgIpc) is 3.67. The highest BCUT2D eigenvalue weighted by Crippen LogP contribution is 2.46. The topological polar surface area (TPSA) is 90.2 Å². The average molecular weight is 538 g/mol. The van der Waals surface area contributed by atoms with Gasteiger partial charge in [0.05, 0.1) is 43.9 Å². The van der Waals surface area contributed by atoms with Gasteiger partial charge in [-0.15, -0.1) is 0 Å². The van der Waals surface area contributed by atoms with E-state index >= 15 is 0 Å². The fourth-order valence-electron chi connectivity index (χ4n) is 4.52. The molecule has 10 heteroatoms. The molecule has 1 fully saturated rings. The highest BCUT2D eigenvalue weighted by Gasteiger charge is 2.33. The maximum atomic E-state index is 13.6. The molecule has 0 amide bonds. The van der Waals surface area contributed by atoms with Gasteiger partial charge < -0.3 is 9.47 Å². The van der Waals surface area contributed by atoms with Gasteiger partial charge in [-0.3, -0.25) is 4.31 Å². The van der Waals surface area contributed by atoms with Crippen molar-refractivity contribution in [3.63, 3.8) is 0 Å². The zero-order valence-corrected chi connectivity index (χ0v) is 22.2. The van der Waals surface area contributed by atoms with Crippen molar-refractivity contribution in [1.82, 2.24) is 9.61 Å². The molecule has 2 aromatic heterocycles. The lowest BCUT2D eigenvalue weighted by atomic mass is 10.0. The van der Waals surface area contributed by atoms with E-state index in [9.17, 15) is 17.6 Å². The number of nitrogens with zero attached hydrogens (tertiary/aromatic N) is 3. The molecule has 1 aliphatic carbocycles. The van der Waals surface area contributed by atoms with Crippen LogP contribution in [0.5, 0.6) is 5.75 Å². The van der Waals surface area contributed by atoms with E-state index in [1.807, 2.05) is 18.2 Å². The monoisotopic (exact) mass is 537 g/mol. The highest BCUT2D eigenvalue weighted by molar-refractivity contribution is 7.92. The number of hydrogen-bond donors (Lipinski definition) is 0. The lowest BCUT2D eigenvalue weighted by Gasteiger charge is -2.25. The molecule has 38 heavy (non-hydrogen) atoms. The number of esters is 1. The first kappa shape index (κ1) is 25.7. The number of aromatic nitrogens is 2. The molecule has 8 nitrogen and oxygen atoms in total. The Morgan fingerprint density at radius 2 is 1.82 bits per heavy atom. The molecule has 1 aliphatic rings. The Bertz CT molecular complexity index is 1590. The number of anilines is 1. The minimum atomic E-state index is -3.69. The maximum absolute atomic E-state index is 13.6. The minimum absolute atomic E-state index is 0.116. The molecule has 0 bridgehead atoms. The standard InChI is InChI=1S/C28H28FN3O5S/c1-4-37-28(33)26-24-15-23(19-7-8-19)25(17-31(24)30-27(26)20-9-11-21(29)12-10-20)32(38(3,34)35)16-18-5-13-22(36-2)14-6-18/h5-6,9-15,17,19H,4,7-8,16H2,1-3H3. The number of pyridine rings is 1. The van der Waals surface area contributed by atoms with Gasteiger partial charge in [-0.1, -0.05) is 12.1 Å². The molecular weight excluding hydrogens is 509 g/mol. The molecule has 0 unspecified atom stereocenters. The predicted octanol–water partition coefficient (Wildman–Crippen LogP) is 5.17. The lowest BCUT2D eigenvalue weighted by molar-refractivity contribution is 0.0529. The molecule has 0 spiro atoms. The summed E-state index contributed by atoms with van der Waals surface area (Å²) in [7, 11) is -2.11. The van der Waals surface area contributed by atoms with Crippen LogP contribution in [-0.2, 0) is 21.3 Å². The van der Waals surface area contributed by atoms with Crippen LogP contribution in [0.25, 0.3) is 16.8 Å². The first-order chi connectivity index (χ1) is 18.2. The van der Waals surface area contributed by atoms with E-state index in [4.69, 9.17) is 9.47 Å². The van der Waals surface area contributed by atoms with E-state index in [1.54, 1.807) is 44.5 Å². The molecule has 5 rings (SSSR count). The fourth-order valence-corrected chi connectivity index (χ4v) is 5.41. The predicted molar refractivity (Wildman–Crippen MR) is 143 cm³/mol. The third-order valence-corrected chi connectivity index (χ3v) is 7.68. The third-order valence-electron chi connectivity index (χ3n) is 6.55. The Hall–Kier alpha value is -3.92. The Morgan fingerprint density at radius 1 is 1.13 bits per heavy atom. The van der Waals surface area contributed by atoms with Crippen molar-refractivity contribution < 1.29 is 27.1 Å². The maximum Gasteiger partial charge on any atom is 0.342 e. The van der Waals surface area contributed by atoms with E-state index in [2.05, 4.69) is 5.10 Å². The van der Waals surface area contributed by atoms with Gasteiger partial charge in [0.25, 0.3) is 0 Å². The van der Waals surface area contributed by atoms with Crippen molar-refractivity contribution in [2.24, 2.45) is 0 Å². The number of carbonyl (C=O) groups excluding carboxylic acids is 1. The lowest BCUT2D eigenvalue weighted by Crippen LogP contribution is -2.30. The summed E-state index contributed by atoms with van der Waals surface area (Å²) in [5.41, 5.74) is 3.76. The molecule has 0 N–H and O–H groups in total. The summed E-state index contributed by atoms with van der Waals surface area (Å²) in [6, 6.07) is 14.8. The molecular formula is C28H28FN3O5S. The molecule has 4 aromatic rings. The molecule has 198 valence electrons. The first-order valence-electron chi connectivity index (χ1n) is 12.3. The van der Waals surface area contributed by atoms with Crippen LogP contribution in [0.1, 0.15) is 47.2 Å². The zero-order valence-electron chi connectivity index (χ0n) is 21.3. The summed E-state index contributed by atoms with van der Waals surface area (Å²) in [6.07, 6.45) is 4.66. The summed E-state index contributed by atoms with van der Waals surface area (Å²) in [5.74, 6) is -0.115. The van der Waals surface area contributed by atoms with Gasteiger partial charge in [-0.05, 0) is 79.3 Å². The number of fused-ring (bicyclic) bond motifs is 1. The number of sulfonamides is 1. The van der Waals surface area contributed by atoms with Gasteiger partial charge in [0.2, 0.25) is 10.0 Å². The molecule has 1 saturated carbocycles. The first-order valence-corrected chi connectivity index (χ1v) is 14.1. The van der Waals surface area contributed by atoms with E-state index < -0.39 is 21.8 Å². The van der Waals surface area contributed by atoms with Gasteiger partial charge in [0.15, 0.2) is 0 Å². The van der Waals surface area contributed by atoms with E-state index in [-0.39, 0.29) is 24.6 Å².